The number of aromatic nitrogens is 1. The molecule has 0 atom stereocenters. The fourth-order valence-electron chi connectivity index (χ4n) is 3.41. The maximum absolute atomic E-state index is 13.1. The minimum absolute atomic E-state index is 0.0442. The molecule has 0 bridgehead atoms. The first-order valence-electron chi connectivity index (χ1n) is 9.39. The number of aryl methyl sites for hydroxylation is 1. The molecule has 29 heavy (non-hydrogen) atoms. The van der Waals surface area contributed by atoms with Crippen molar-refractivity contribution < 1.29 is 14.3 Å². The predicted molar refractivity (Wildman–Crippen MR) is 115 cm³/mol. The molecule has 0 saturated carbocycles. The molecule has 0 saturated heterocycles. The molecule has 3 aromatic rings. The lowest BCUT2D eigenvalue weighted by molar-refractivity contribution is -0.124. The van der Waals surface area contributed by atoms with E-state index < -0.39 is 0 Å². The van der Waals surface area contributed by atoms with E-state index in [1.165, 1.54) is 16.2 Å². The van der Waals surface area contributed by atoms with Crippen molar-refractivity contribution in [1.82, 2.24) is 4.98 Å². The van der Waals surface area contributed by atoms with Gasteiger partial charge in [0.1, 0.15) is 12.3 Å². The Kier molecular flexibility index (Phi) is 5.31. The Labute approximate surface area is 173 Å². The maximum atomic E-state index is 13.1. The molecule has 0 N–H and O–H groups in total. The van der Waals surface area contributed by atoms with Crippen molar-refractivity contribution >= 4 is 34.5 Å². The van der Waals surface area contributed by atoms with Gasteiger partial charge in [0.2, 0.25) is 5.91 Å². The third-order valence-electron chi connectivity index (χ3n) is 4.85. The summed E-state index contributed by atoms with van der Waals surface area (Å²) < 4.78 is 5.57. The third kappa shape index (κ3) is 3.86. The number of carbonyl (C=O) groups excluding carboxylic acids is 2. The monoisotopic (exact) mass is 407 g/mol. The molecule has 6 nitrogen and oxygen atoms in total. The molecule has 0 spiro atoms. The first-order valence-corrected chi connectivity index (χ1v) is 10.3. The van der Waals surface area contributed by atoms with E-state index in [9.17, 15) is 9.59 Å². The Bertz CT molecular complexity index is 1050. The van der Waals surface area contributed by atoms with Crippen LogP contribution in [-0.2, 0) is 9.59 Å². The minimum atomic E-state index is -0.235. The zero-order valence-electron chi connectivity index (χ0n) is 16.3. The van der Waals surface area contributed by atoms with Gasteiger partial charge >= 0.3 is 0 Å². The van der Waals surface area contributed by atoms with E-state index in [0.29, 0.717) is 18.0 Å². The SMILES string of the molecule is CCN(C(=O)CN1C(=O)COc2ccc(-c3cscn3)cc21)c1cccc(C)c1. The summed E-state index contributed by atoms with van der Waals surface area (Å²) in [4.78, 5) is 33.2. The molecule has 0 unspecified atom stereocenters. The molecular formula is C22H21N3O3S. The number of benzene rings is 2. The van der Waals surface area contributed by atoms with Crippen LogP contribution in [0.3, 0.4) is 0 Å². The minimum Gasteiger partial charge on any atom is -0.482 e. The van der Waals surface area contributed by atoms with Crippen molar-refractivity contribution in [2.45, 2.75) is 13.8 Å². The second-order valence-electron chi connectivity index (χ2n) is 6.80. The molecule has 4 rings (SSSR count). The Morgan fingerprint density at radius 3 is 2.86 bits per heavy atom. The third-order valence-corrected chi connectivity index (χ3v) is 5.44. The van der Waals surface area contributed by atoms with Gasteiger partial charge in [-0.3, -0.25) is 14.5 Å². The maximum Gasteiger partial charge on any atom is 0.265 e. The van der Waals surface area contributed by atoms with Crippen LogP contribution in [0, 0.1) is 6.92 Å². The number of hydrogen-bond donors (Lipinski definition) is 0. The van der Waals surface area contributed by atoms with Crippen LogP contribution < -0.4 is 14.5 Å². The summed E-state index contributed by atoms with van der Waals surface area (Å²) in [6.07, 6.45) is 0. The summed E-state index contributed by atoms with van der Waals surface area (Å²) in [5, 5.41) is 1.94. The molecule has 2 aromatic carbocycles. The number of fused-ring (bicyclic) bond motifs is 1. The number of hydrogen-bond acceptors (Lipinski definition) is 5. The van der Waals surface area contributed by atoms with E-state index in [0.717, 1.165) is 22.5 Å². The van der Waals surface area contributed by atoms with Gasteiger partial charge in [-0.05, 0) is 49.7 Å². The lowest BCUT2D eigenvalue weighted by atomic mass is 10.1. The molecule has 1 aromatic heterocycles. The van der Waals surface area contributed by atoms with Crippen LogP contribution in [0.4, 0.5) is 11.4 Å². The topological polar surface area (TPSA) is 62.7 Å². The summed E-state index contributed by atoms with van der Waals surface area (Å²) >= 11 is 1.51. The molecular weight excluding hydrogens is 386 g/mol. The fourth-order valence-corrected chi connectivity index (χ4v) is 3.97. The molecule has 1 aliphatic heterocycles. The summed E-state index contributed by atoms with van der Waals surface area (Å²) in [7, 11) is 0. The summed E-state index contributed by atoms with van der Waals surface area (Å²) in [5.41, 5.74) is 5.98. The van der Waals surface area contributed by atoms with Crippen molar-refractivity contribution in [3.8, 4) is 17.0 Å². The molecule has 0 aliphatic carbocycles. The van der Waals surface area contributed by atoms with Crippen LogP contribution >= 0.6 is 11.3 Å². The molecule has 0 fully saturated rings. The summed E-state index contributed by atoms with van der Waals surface area (Å²) in [6, 6.07) is 13.4. The van der Waals surface area contributed by atoms with Crippen LogP contribution in [0.15, 0.2) is 53.4 Å². The van der Waals surface area contributed by atoms with Crippen LogP contribution in [-0.4, -0.2) is 36.5 Å². The van der Waals surface area contributed by atoms with Crippen LogP contribution in [0.5, 0.6) is 5.75 Å². The van der Waals surface area contributed by atoms with Crippen molar-refractivity contribution in [3.05, 3.63) is 58.9 Å². The number of nitrogens with zero attached hydrogens (tertiary/aromatic N) is 3. The number of likely N-dealkylation sites (N-methyl/N-ethyl adjacent to an activating group) is 1. The van der Waals surface area contributed by atoms with Gasteiger partial charge in [0.25, 0.3) is 5.91 Å². The molecule has 2 heterocycles. The number of rotatable bonds is 5. The average Bonchev–Trinajstić information content (AvgIpc) is 3.25. The van der Waals surface area contributed by atoms with Gasteiger partial charge in [0, 0.05) is 23.2 Å². The highest BCUT2D eigenvalue weighted by atomic mass is 32.1. The zero-order valence-corrected chi connectivity index (χ0v) is 17.1. The van der Waals surface area contributed by atoms with Gasteiger partial charge in [-0.2, -0.15) is 0 Å². The summed E-state index contributed by atoms with van der Waals surface area (Å²) in [5.74, 6) is 0.218. The van der Waals surface area contributed by atoms with Crippen LogP contribution in [0.1, 0.15) is 12.5 Å². The van der Waals surface area contributed by atoms with Crippen LogP contribution in [0.25, 0.3) is 11.3 Å². The molecule has 2 amide bonds. The quantitative estimate of drug-likeness (QED) is 0.644. The first-order chi connectivity index (χ1) is 14.1. The van der Waals surface area contributed by atoms with Gasteiger partial charge in [-0.25, -0.2) is 4.98 Å². The molecule has 148 valence electrons. The van der Waals surface area contributed by atoms with E-state index in [1.54, 1.807) is 10.4 Å². The van der Waals surface area contributed by atoms with E-state index in [2.05, 4.69) is 4.98 Å². The van der Waals surface area contributed by atoms with E-state index >= 15 is 0 Å². The van der Waals surface area contributed by atoms with Crippen molar-refractivity contribution in [2.24, 2.45) is 0 Å². The highest BCUT2D eigenvalue weighted by Gasteiger charge is 2.29. The lowest BCUT2D eigenvalue weighted by Crippen LogP contribution is -2.46. The van der Waals surface area contributed by atoms with Crippen molar-refractivity contribution in [3.63, 3.8) is 0 Å². The standard InChI is InChI=1S/C22H21N3O3S/c1-3-24(17-6-4-5-15(2)9-17)21(26)11-25-19-10-16(18-13-29-14-23-18)7-8-20(19)28-12-22(25)27/h4-10,13-14H,3,11-12H2,1-2H3. The fraction of sp³-hybridized carbons (Fsp3) is 0.227. The number of carbonyl (C=O) groups is 2. The van der Waals surface area contributed by atoms with Crippen LogP contribution in [0.2, 0.25) is 0 Å². The van der Waals surface area contributed by atoms with Gasteiger partial charge in [-0.1, -0.05) is 12.1 Å². The Morgan fingerprint density at radius 1 is 1.28 bits per heavy atom. The predicted octanol–water partition coefficient (Wildman–Crippen LogP) is 3.90. The molecule has 0 radical (unpaired) electrons. The van der Waals surface area contributed by atoms with E-state index in [4.69, 9.17) is 4.74 Å². The van der Waals surface area contributed by atoms with Gasteiger partial charge in [0.05, 0.1) is 16.9 Å². The van der Waals surface area contributed by atoms with E-state index in [1.807, 2.05) is 61.7 Å². The molecule has 7 heteroatoms. The average molecular weight is 407 g/mol. The van der Waals surface area contributed by atoms with Gasteiger partial charge < -0.3 is 9.64 Å². The second kappa shape index (κ2) is 8.05. The Morgan fingerprint density at radius 2 is 2.14 bits per heavy atom. The normalized spacial score (nSPS) is 13.0. The number of anilines is 2. The highest BCUT2D eigenvalue weighted by Crippen LogP contribution is 2.36. The largest absolute Gasteiger partial charge is 0.482 e. The van der Waals surface area contributed by atoms with Gasteiger partial charge in [0.15, 0.2) is 6.61 Å². The number of ether oxygens (including phenoxy) is 1. The van der Waals surface area contributed by atoms with Crippen molar-refractivity contribution in [1.29, 1.82) is 0 Å². The first kappa shape index (κ1) is 19.1. The van der Waals surface area contributed by atoms with Crippen molar-refractivity contribution in [2.75, 3.05) is 29.5 Å². The summed E-state index contributed by atoms with van der Waals surface area (Å²) in [6.45, 7) is 4.32. The highest BCUT2D eigenvalue weighted by molar-refractivity contribution is 7.07. The second-order valence-corrected chi connectivity index (χ2v) is 7.52. The Balaban J connectivity index is 1.64. The lowest BCUT2D eigenvalue weighted by Gasteiger charge is -2.31. The van der Waals surface area contributed by atoms with E-state index in [-0.39, 0.29) is 25.0 Å². The van der Waals surface area contributed by atoms with Gasteiger partial charge in [-0.15, -0.1) is 11.3 Å². The Hall–Kier alpha value is -3.19. The number of amides is 2. The number of thiazole rings is 1. The smallest absolute Gasteiger partial charge is 0.265 e. The zero-order chi connectivity index (χ0) is 20.4. The molecule has 1 aliphatic rings.